The number of carbonyl (C=O) groups excluding carboxylic acids is 3. The monoisotopic (exact) mass is 420 g/mol. The lowest BCUT2D eigenvalue weighted by Crippen LogP contribution is -2.42. The van der Waals surface area contributed by atoms with E-state index in [2.05, 4.69) is 20.5 Å². The van der Waals surface area contributed by atoms with Crippen molar-refractivity contribution in [2.75, 3.05) is 19.0 Å². The van der Waals surface area contributed by atoms with Crippen LogP contribution in [0.5, 0.6) is 5.75 Å². The molecule has 3 N–H and O–H groups in total. The van der Waals surface area contributed by atoms with Crippen LogP contribution in [0, 0.1) is 0 Å². The molecule has 0 fully saturated rings. The van der Waals surface area contributed by atoms with Crippen molar-refractivity contribution in [1.29, 1.82) is 0 Å². The van der Waals surface area contributed by atoms with Crippen molar-refractivity contribution in [3.63, 3.8) is 0 Å². The van der Waals surface area contributed by atoms with Crippen LogP contribution in [0.2, 0.25) is 0 Å². The number of hydrogen-bond donors (Lipinski definition) is 3. The summed E-state index contributed by atoms with van der Waals surface area (Å²) in [5.74, 6) is -0.00551. The second-order valence-electron chi connectivity index (χ2n) is 7.38. The minimum absolute atomic E-state index is 0.137. The molecule has 1 atom stereocenters. The van der Waals surface area contributed by atoms with Crippen molar-refractivity contribution in [3.05, 3.63) is 60.3 Å². The van der Waals surface area contributed by atoms with E-state index >= 15 is 0 Å². The Kier molecular flexibility index (Phi) is 5.88. The minimum atomic E-state index is -0.756. The Labute approximate surface area is 179 Å². The van der Waals surface area contributed by atoms with E-state index in [4.69, 9.17) is 4.74 Å². The Morgan fingerprint density at radius 2 is 2.00 bits per heavy atom. The largest absolute Gasteiger partial charge is 0.497 e. The van der Waals surface area contributed by atoms with Crippen LogP contribution >= 0.6 is 0 Å². The highest BCUT2D eigenvalue weighted by atomic mass is 16.5. The van der Waals surface area contributed by atoms with Gasteiger partial charge >= 0.3 is 0 Å². The summed E-state index contributed by atoms with van der Waals surface area (Å²) in [7, 11) is 1.64. The number of benzene rings is 2. The second kappa shape index (κ2) is 8.91. The van der Waals surface area contributed by atoms with Gasteiger partial charge in [0.25, 0.3) is 5.91 Å². The molecule has 1 aliphatic rings. The SMILES string of the molecule is COc1ccc2c(ccn2CCNC(=O)CC[C@@H]2NC(=O)c3ccccc3NC2=O)c1. The van der Waals surface area contributed by atoms with E-state index in [1.807, 2.05) is 30.5 Å². The molecule has 1 aromatic heterocycles. The third-order valence-corrected chi connectivity index (χ3v) is 5.36. The normalized spacial score (nSPS) is 15.6. The van der Waals surface area contributed by atoms with Crippen LogP contribution in [0.1, 0.15) is 23.2 Å². The molecule has 0 spiro atoms. The predicted molar refractivity (Wildman–Crippen MR) is 117 cm³/mol. The number of rotatable bonds is 7. The first-order chi connectivity index (χ1) is 15.0. The van der Waals surface area contributed by atoms with E-state index in [9.17, 15) is 14.4 Å². The highest BCUT2D eigenvalue weighted by Crippen LogP contribution is 2.22. The Bertz CT molecular complexity index is 1140. The van der Waals surface area contributed by atoms with Gasteiger partial charge in [-0.25, -0.2) is 0 Å². The number of nitrogens with zero attached hydrogens (tertiary/aromatic N) is 1. The summed E-state index contributed by atoms with van der Waals surface area (Å²) in [6.45, 7) is 1.08. The molecule has 0 bridgehead atoms. The van der Waals surface area contributed by atoms with E-state index in [1.54, 1.807) is 31.4 Å². The molecule has 1 aliphatic heterocycles. The molecule has 0 aliphatic carbocycles. The number of hydrogen-bond acceptors (Lipinski definition) is 4. The van der Waals surface area contributed by atoms with Crippen molar-refractivity contribution >= 4 is 34.3 Å². The molecule has 0 saturated carbocycles. The second-order valence-corrected chi connectivity index (χ2v) is 7.38. The maximum Gasteiger partial charge on any atom is 0.254 e. The molecule has 0 unspecified atom stereocenters. The fourth-order valence-corrected chi connectivity index (χ4v) is 3.69. The van der Waals surface area contributed by atoms with Crippen molar-refractivity contribution in [2.24, 2.45) is 0 Å². The average molecular weight is 420 g/mol. The first kappa shape index (κ1) is 20.5. The number of fused-ring (bicyclic) bond motifs is 2. The van der Waals surface area contributed by atoms with E-state index in [0.717, 1.165) is 16.7 Å². The molecule has 160 valence electrons. The summed E-state index contributed by atoms with van der Waals surface area (Å²) < 4.78 is 7.30. The molecule has 3 aromatic rings. The number of ether oxygens (including phenoxy) is 1. The smallest absolute Gasteiger partial charge is 0.254 e. The summed E-state index contributed by atoms with van der Waals surface area (Å²) in [5, 5.41) is 9.40. The van der Waals surface area contributed by atoms with Gasteiger partial charge in [-0.15, -0.1) is 0 Å². The lowest BCUT2D eigenvalue weighted by atomic mass is 10.1. The quantitative estimate of drug-likeness (QED) is 0.546. The van der Waals surface area contributed by atoms with Gasteiger partial charge in [-0.3, -0.25) is 14.4 Å². The molecule has 31 heavy (non-hydrogen) atoms. The molecular formula is C23H24N4O4. The third-order valence-electron chi connectivity index (χ3n) is 5.36. The summed E-state index contributed by atoms with van der Waals surface area (Å²) in [6, 6.07) is 13.9. The van der Waals surface area contributed by atoms with Crippen LogP contribution in [-0.2, 0) is 16.1 Å². The van der Waals surface area contributed by atoms with Crippen LogP contribution in [-0.4, -0.2) is 42.0 Å². The van der Waals surface area contributed by atoms with E-state index in [0.29, 0.717) is 24.3 Å². The van der Waals surface area contributed by atoms with Gasteiger partial charge < -0.3 is 25.3 Å². The molecule has 4 rings (SSSR count). The third kappa shape index (κ3) is 4.53. The molecule has 3 amide bonds. The number of carbonyl (C=O) groups is 3. The van der Waals surface area contributed by atoms with Gasteiger partial charge in [0.05, 0.1) is 18.4 Å². The molecule has 0 saturated heterocycles. The number of anilines is 1. The van der Waals surface area contributed by atoms with Crippen molar-refractivity contribution in [1.82, 2.24) is 15.2 Å². The highest BCUT2D eigenvalue weighted by molar-refractivity contribution is 6.09. The van der Waals surface area contributed by atoms with Crippen molar-refractivity contribution in [3.8, 4) is 5.75 Å². The zero-order valence-corrected chi connectivity index (χ0v) is 17.2. The molecule has 2 heterocycles. The molecular weight excluding hydrogens is 396 g/mol. The van der Waals surface area contributed by atoms with E-state index in [-0.39, 0.29) is 30.6 Å². The first-order valence-corrected chi connectivity index (χ1v) is 10.2. The molecule has 8 nitrogen and oxygen atoms in total. The van der Waals surface area contributed by atoms with Crippen LogP contribution in [0.15, 0.2) is 54.7 Å². The van der Waals surface area contributed by atoms with E-state index in [1.165, 1.54) is 0 Å². The van der Waals surface area contributed by atoms with Crippen LogP contribution in [0.3, 0.4) is 0 Å². The summed E-state index contributed by atoms with van der Waals surface area (Å²) in [5.41, 5.74) is 1.96. The van der Waals surface area contributed by atoms with Crippen LogP contribution < -0.4 is 20.7 Å². The zero-order chi connectivity index (χ0) is 21.8. The Balaban J connectivity index is 1.27. The van der Waals surface area contributed by atoms with Gasteiger partial charge in [0.1, 0.15) is 11.8 Å². The molecule has 2 aromatic carbocycles. The average Bonchev–Trinajstić information content (AvgIpc) is 3.13. The van der Waals surface area contributed by atoms with Gasteiger partial charge in [0.2, 0.25) is 11.8 Å². The van der Waals surface area contributed by atoms with Gasteiger partial charge in [-0.1, -0.05) is 12.1 Å². The number of methoxy groups -OCH3 is 1. The highest BCUT2D eigenvalue weighted by Gasteiger charge is 2.27. The van der Waals surface area contributed by atoms with Gasteiger partial charge in [-0.2, -0.15) is 0 Å². The van der Waals surface area contributed by atoms with Crippen LogP contribution in [0.25, 0.3) is 10.9 Å². The first-order valence-electron chi connectivity index (χ1n) is 10.2. The van der Waals surface area contributed by atoms with Crippen molar-refractivity contribution < 1.29 is 19.1 Å². The van der Waals surface area contributed by atoms with Gasteiger partial charge in [0.15, 0.2) is 0 Å². The Morgan fingerprint density at radius 3 is 2.84 bits per heavy atom. The number of nitrogens with one attached hydrogen (secondary N) is 3. The lowest BCUT2D eigenvalue weighted by Gasteiger charge is -2.14. The fraction of sp³-hybridized carbons (Fsp3) is 0.261. The van der Waals surface area contributed by atoms with Gasteiger partial charge in [0, 0.05) is 36.6 Å². The van der Waals surface area contributed by atoms with Crippen LogP contribution in [0.4, 0.5) is 5.69 Å². The number of aromatic nitrogens is 1. The zero-order valence-electron chi connectivity index (χ0n) is 17.2. The number of amides is 3. The summed E-state index contributed by atoms with van der Waals surface area (Å²) in [6.07, 6.45) is 2.33. The maximum atomic E-state index is 12.4. The van der Waals surface area contributed by atoms with Gasteiger partial charge in [-0.05, 0) is 42.8 Å². The summed E-state index contributed by atoms with van der Waals surface area (Å²) in [4.78, 5) is 37.0. The Hall–Kier alpha value is -3.81. The van der Waals surface area contributed by atoms with E-state index < -0.39 is 6.04 Å². The maximum absolute atomic E-state index is 12.4. The molecule has 8 heteroatoms. The topological polar surface area (TPSA) is 101 Å². The lowest BCUT2D eigenvalue weighted by molar-refractivity contribution is -0.121. The minimum Gasteiger partial charge on any atom is -0.497 e. The number of para-hydroxylation sites is 1. The summed E-state index contributed by atoms with van der Waals surface area (Å²) >= 11 is 0. The predicted octanol–water partition coefficient (Wildman–Crippen LogP) is 2.30. The standard InChI is InChI=1S/C23H24N4O4/c1-31-16-6-8-20-15(14-16)10-12-27(20)13-11-24-21(28)9-7-19-23(30)25-18-5-3-2-4-17(18)22(29)26-19/h2-6,8,10,12,14,19H,7,9,11,13H2,1H3,(H,24,28)(H,25,30)(H,26,29)/t19-/m0/s1. The van der Waals surface area contributed by atoms with Crippen molar-refractivity contribution in [2.45, 2.75) is 25.4 Å². The Morgan fingerprint density at radius 1 is 1.16 bits per heavy atom. The fourth-order valence-electron chi connectivity index (χ4n) is 3.69. The molecule has 0 radical (unpaired) electrons.